The van der Waals surface area contributed by atoms with Crippen molar-refractivity contribution in [3.05, 3.63) is 46.4 Å². The number of nitrogens with two attached hydrogens (primary N) is 1. The molecule has 0 saturated heterocycles. The predicted molar refractivity (Wildman–Crippen MR) is 92.9 cm³/mol. The van der Waals surface area contributed by atoms with Gasteiger partial charge >= 0.3 is 0 Å². The average Bonchev–Trinajstić information content (AvgIpc) is 2.47. The van der Waals surface area contributed by atoms with Crippen molar-refractivity contribution in [2.45, 2.75) is 0 Å². The fourth-order valence-corrected chi connectivity index (χ4v) is 2.43. The molecule has 0 amide bonds. The van der Waals surface area contributed by atoms with Crippen LogP contribution in [0.5, 0.6) is 11.5 Å². The van der Waals surface area contributed by atoms with Crippen molar-refractivity contribution in [1.29, 1.82) is 0 Å². The third-order valence-electron chi connectivity index (χ3n) is 2.92. The van der Waals surface area contributed by atoms with Gasteiger partial charge in [-0.1, -0.05) is 28.1 Å². The summed E-state index contributed by atoms with van der Waals surface area (Å²) in [4.78, 5) is 0.314. The van der Waals surface area contributed by atoms with Gasteiger partial charge in [0.2, 0.25) is 0 Å². The molecule has 0 fully saturated rings. The Balaban J connectivity index is 2.47. The lowest BCUT2D eigenvalue weighted by atomic mass is 10.1. The van der Waals surface area contributed by atoms with E-state index in [1.807, 2.05) is 36.4 Å². The van der Waals surface area contributed by atoms with E-state index < -0.39 is 0 Å². The Morgan fingerprint density at radius 2 is 1.86 bits per heavy atom. The van der Waals surface area contributed by atoms with Crippen LogP contribution < -0.4 is 20.5 Å². The van der Waals surface area contributed by atoms with E-state index in [2.05, 4.69) is 21.2 Å². The van der Waals surface area contributed by atoms with Crippen LogP contribution in [0.1, 0.15) is 5.56 Å². The van der Waals surface area contributed by atoms with Crippen molar-refractivity contribution in [3.63, 3.8) is 0 Å². The van der Waals surface area contributed by atoms with Gasteiger partial charge in [0.15, 0.2) is 0 Å². The molecule has 0 saturated carbocycles. The summed E-state index contributed by atoms with van der Waals surface area (Å²) < 4.78 is 11.5. The van der Waals surface area contributed by atoms with Crippen LogP contribution in [0.4, 0.5) is 11.4 Å². The molecule has 110 valence electrons. The predicted octanol–water partition coefficient (Wildman–Crippen LogP) is 3.84. The second kappa shape index (κ2) is 6.78. The molecule has 0 aromatic heterocycles. The number of nitrogens with one attached hydrogen (secondary N) is 1. The molecule has 0 unspecified atom stereocenters. The van der Waals surface area contributed by atoms with Gasteiger partial charge in [0.05, 0.1) is 25.6 Å². The van der Waals surface area contributed by atoms with E-state index in [1.54, 1.807) is 14.2 Å². The van der Waals surface area contributed by atoms with Crippen molar-refractivity contribution in [2.24, 2.45) is 5.73 Å². The second-order valence-electron chi connectivity index (χ2n) is 4.25. The SMILES string of the molecule is COc1ccc(C(N)=S)c(Nc2cc(Br)ccc2OC)c1. The summed E-state index contributed by atoms with van der Waals surface area (Å²) in [6, 6.07) is 11.2. The largest absolute Gasteiger partial charge is 0.497 e. The van der Waals surface area contributed by atoms with Gasteiger partial charge in [0, 0.05) is 16.1 Å². The first-order valence-electron chi connectivity index (χ1n) is 6.13. The van der Waals surface area contributed by atoms with E-state index in [0.29, 0.717) is 10.7 Å². The van der Waals surface area contributed by atoms with E-state index in [-0.39, 0.29) is 0 Å². The molecule has 0 heterocycles. The van der Waals surface area contributed by atoms with Gasteiger partial charge < -0.3 is 20.5 Å². The minimum Gasteiger partial charge on any atom is -0.497 e. The zero-order valence-corrected chi connectivity index (χ0v) is 14.0. The highest BCUT2D eigenvalue weighted by Crippen LogP contribution is 2.33. The summed E-state index contributed by atoms with van der Waals surface area (Å²) in [7, 11) is 3.23. The molecule has 0 spiro atoms. The molecule has 0 aliphatic rings. The van der Waals surface area contributed by atoms with E-state index in [1.165, 1.54) is 0 Å². The number of hydrogen-bond acceptors (Lipinski definition) is 4. The number of benzene rings is 2. The Morgan fingerprint density at radius 3 is 2.48 bits per heavy atom. The van der Waals surface area contributed by atoms with Crippen LogP contribution in [0.15, 0.2) is 40.9 Å². The van der Waals surface area contributed by atoms with Crippen LogP contribution in [-0.4, -0.2) is 19.2 Å². The zero-order chi connectivity index (χ0) is 15.4. The molecule has 2 aromatic carbocycles. The first kappa shape index (κ1) is 15.6. The molecule has 2 rings (SSSR count). The first-order chi connectivity index (χ1) is 10.0. The Kier molecular flexibility index (Phi) is 5.03. The van der Waals surface area contributed by atoms with Gasteiger partial charge in [0.1, 0.15) is 16.5 Å². The summed E-state index contributed by atoms with van der Waals surface area (Å²) in [5.74, 6) is 1.43. The number of hydrogen-bond donors (Lipinski definition) is 2. The topological polar surface area (TPSA) is 56.5 Å². The lowest BCUT2D eigenvalue weighted by molar-refractivity contribution is 0.414. The number of anilines is 2. The average molecular weight is 367 g/mol. The van der Waals surface area contributed by atoms with E-state index >= 15 is 0 Å². The molecule has 2 aromatic rings. The van der Waals surface area contributed by atoms with Crippen LogP contribution in [0.25, 0.3) is 0 Å². The van der Waals surface area contributed by atoms with Gasteiger partial charge in [-0.2, -0.15) is 0 Å². The molecule has 3 N–H and O–H groups in total. The van der Waals surface area contributed by atoms with E-state index in [4.69, 9.17) is 27.4 Å². The molecule has 21 heavy (non-hydrogen) atoms. The van der Waals surface area contributed by atoms with Crippen molar-refractivity contribution >= 4 is 44.5 Å². The first-order valence-corrected chi connectivity index (χ1v) is 7.33. The zero-order valence-electron chi connectivity index (χ0n) is 11.6. The summed E-state index contributed by atoms with van der Waals surface area (Å²) in [6.07, 6.45) is 0. The van der Waals surface area contributed by atoms with Gasteiger partial charge in [-0.05, 0) is 30.3 Å². The maximum Gasteiger partial charge on any atom is 0.142 e. The third-order valence-corrected chi connectivity index (χ3v) is 3.64. The molecule has 0 aliphatic carbocycles. The van der Waals surface area contributed by atoms with Crippen LogP contribution in [0.2, 0.25) is 0 Å². The van der Waals surface area contributed by atoms with Crippen LogP contribution in [-0.2, 0) is 0 Å². The highest BCUT2D eigenvalue weighted by atomic mass is 79.9. The summed E-state index contributed by atoms with van der Waals surface area (Å²) in [5.41, 5.74) is 8.08. The molecule has 6 heteroatoms. The van der Waals surface area contributed by atoms with Crippen molar-refractivity contribution in [3.8, 4) is 11.5 Å². The van der Waals surface area contributed by atoms with Crippen molar-refractivity contribution in [1.82, 2.24) is 0 Å². The fourth-order valence-electron chi connectivity index (χ4n) is 1.89. The van der Waals surface area contributed by atoms with Crippen LogP contribution in [0.3, 0.4) is 0 Å². The highest BCUT2D eigenvalue weighted by molar-refractivity contribution is 9.10. The summed E-state index contributed by atoms with van der Waals surface area (Å²) in [6.45, 7) is 0. The number of rotatable bonds is 5. The quantitative estimate of drug-likeness (QED) is 0.787. The maximum absolute atomic E-state index is 5.77. The molecule has 0 aliphatic heterocycles. The summed E-state index contributed by atoms with van der Waals surface area (Å²) >= 11 is 8.53. The standard InChI is InChI=1S/C15H15BrN2O2S/c1-19-10-4-5-11(15(17)21)12(8-10)18-13-7-9(16)3-6-14(13)20-2/h3-8,18H,1-2H3,(H2,17,21). The number of thiocarbonyl (C=S) groups is 1. The Morgan fingerprint density at radius 1 is 1.10 bits per heavy atom. The molecule has 0 bridgehead atoms. The van der Waals surface area contributed by atoms with Gasteiger partial charge in [0.25, 0.3) is 0 Å². The highest BCUT2D eigenvalue weighted by Gasteiger charge is 2.10. The van der Waals surface area contributed by atoms with Crippen molar-refractivity contribution < 1.29 is 9.47 Å². The molecule has 0 radical (unpaired) electrons. The van der Waals surface area contributed by atoms with E-state index in [0.717, 1.165) is 27.2 Å². The lowest BCUT2D eigenvalue weighted by Crippen LogP contribution is -2.12. The number of methoxy groups -OCH3 is 2. The lowest BCUT2D eigenvalue weighted by Gasteiger charge is -2.15. The van der Waals surface area contributed by atoms with Gasteiger partial charge in [-0.25, -0.2) is 0 Å². The Bertz CT molecular complexity index is 677. The molecular weight excluding hydrogens is 352 g/mol. The maximum atomic E-state index is 5.77. The Hall–Kier alpha value is -1.79. The third kappa shape index (κ3) is 3.65. The molecule has 4 nitrogen and oxygen atoms in total. The van der Waals surface area contributed by atoms with Gasteiger partial charge in [-0.15, -0.1) is 0 Å². The minimum atomic E-state index is 0.314. The van der Waals surface area contributed by atoms with Crippen molar-refractivity contribution in [2.75, 3.05) is 19.5 Å². The normalized spacial score (nSPS) is 10.0. The fraction of sp³-hybridized carbons (Fsp3) is 0.133. The number of ether oxygens (including phenoxy) is 2. The summed E-state index contributed by atoms with van der Waals surface area (Å²) in [5, 5.41) is 3.29. The van der Waals surface area contributed by atoms with Crippen LogP contribution >= 0.6 is 28.1 Å². The smallest absolute Gasteiger partial charge is 0.142 e. The number of halogens is 1. The minimum absolute atomic E-state index is 0.314. The second-order valence-corrected chi connectivity index (χ2v) is 5.60. The Labute approximate surface area is 137 Å². The van der Waals surface area contributed by atoms with Crippen LogP contribution in [0, 0.1) is 0 Å². The monoisotopic (exact) mass is 366 g/mol. The van der Waals surface area contributed by atoms with E-state index in [9.17, 15) is 0 Å². The molecule has 0 atom stereocenters. The molecular formula is C15H15BrN2O2S. The van der Waals surface area contributed by atoms with Gasteiger partial charge in [-0.3, -0.25) is 0 Å².